The van der Waals surface area contributed by atoms with E-state index < -0.39 is 5.41 Å². The fourth-order valence-corrected chi connectivity index (χ4v) is 15.5. The highest BCUT2D eigenvalue weighted by atomic mass is 32.1. The third-order valence-electron chi connectivity index (χ3n) is 17.9. The lowest BCUT2D eigenvalue weighted by Crippen LogP contribution is -2.28. The molecule has 3 heteroatoms. The molecule has 392 valence electrons. The Hall–Kier alpha value is -10.6. The summed E-state index contributed by atoms with van der Waals surface area (Å²) in [6, 6.07) is 117. The van der Waals surface area contributed by atoms with E-state index in [1.165, 1.54) is 130 Å². The van der Waals surface area contributed by atoms with E-state index in [0.29, 0.717) is 0 Å². The maximum absolute atomic E-state index is 2.56. The van der Waals surface area contributed by atoms with Crippen LogP contribution >= 0.6 is 11.3 Å². The van der Waals surface area contributed by atoms with Crippen molar-refractivity contribution in [3.63, 3.8) is 0 Å². The number of thiophene rings is 1. The topological polar surface area (TPSA) is 8.17 Å². The summed E-state index contributed by atoms with van der Waals surface area (Å²) in [5.41, 5.74) is 21.3. The molecule has 17 rings (SSSR count). The number of para-hydroxylation sites is 1. The summed E-state index contributed by atoms with van der Waals surface area (Å²) < 4.78 is 5.13. The Morgan fingerprint density at radius 1 is 0.286 bits per heavy atom. The number of nitrogens with zero attached hydrogens (tertiary/aromatic N) is 2. The van der Waals surface area contributed by atoms with Crippen LogP contribution in [0.4, 0.5) is 17.1 Å². The Balaban J connectivity index is 0.864. The van der Waals surface area contributed by atoms with Crippen LogP contribution in [-0.2, 0) is 5.41 Å². The molecule has 0 radical (unpaired) electrons. The smallest absolute Gasteiger partial charge is 0.0713 e. The van der Waals surface area contributed by atoms with Gasteiger partial charge in [0.2, 0.25) is 0 Å². The lowest BCUT2D eigenvalue weighted by molar-refractivity contribution is 0.768. The zero-order valence-electron chi connectivity index (χ0n) is 45.8. The monoisotopic (exact) mass is 1080 g/mol. The maximum atomic E-state index is 2.56. The van der Waals surface area contributed by atoms with Crippen LogP contribution in [0.25, 0.3) is 114 Å². The van der Waals surface area contributed by atoms with E-state index >= 15 is 0 Å². The molecule has 2 nitrogen and oxygen atoms in total. The quantitative estimate of drug-likeness (QED) is 0.140. The van der Waals surface area contributed by atoms with Gasteiger partial charge in [0.05, 0.1) is 22.1 Å². The van der Waals surface area contributed by atoms with E-state index in [0.717, 1.165) is 22.6 Å². The van der Waals surface area contributed by atoms with Gasteiger partial charge < -0.3 is 9.47 Å². The molecule has 0 saturated carbocycles. The molecule has 0 amide bonds. The van der Waals surface area contributed by atoms with E-state index in [1.807, 2.05) is 11.3 Å². The number of fused-ring (bicyclic) bond motifs is 12. The summed E-state index contributed by atoms with van der Waals surface area (Å²) in [6.07, 6.45) is 0. The molecular weight excluding hydrogens is 1030 g/mol. The van der Waals surface area contributed by atoms with Crippen molar-refractivity contribution >= 4 is 91.9 Å². The minimum atomic E-state index is -0.459. The van der Waals surface area contributed by atoms with E-state index in [4.69, 9.17) is 0 Å². The van der Waals surface area contributed by atoms with Crippen molar-refractivity contribution in [3.8, 4) is 50.2 Å². The van der Waals surface area contributed by atoms with Crippen LogP contribution < -0.4 is 4.90 Å². The van der Waals surface area contributed by atoms with Crippen molar-refractivity contribution in [1.82, 2.24) is 4.57 Å². The Kier molecular flexibility index (Phi) is 11.1. The molecule has 2 aromatic heterocycles. The first-order valence-electron chi connectivity index (χ1n) is 29.0. The van der Waals surface area contributed by atoms with Crippen molar-refractivity contribution in [3.05, 3.63) is 338 Å². The van der Waals surface area contributed by atoms with Gasteiger partial charge >= 0.3 is 0 Å². The summed E-state index contributed by atoms with van der Waals surface area (Å²) in [5.74, 6) is 0. The van der Waals surface area contributed by atoms with Gasteiger partial charge in [0.1, 0.15) is 0 Å². The normalized spacial score (nSPS) is 12.6. The first kappa shape index (κ1) is 48.2. The summed E-state index contributed by atoms with van der Waals surface area (Å²) in [5, 5.41) is 9.92. The predicted octanol–water partition coefficient (Wildman–Crippen LogP) is 22.3. The van der Waals surface area contributed by atoms with Gasteiger partial charge in [0, 0.05) is 48.0 Å². The molecule has 0 bridgehead atoms. The van der Waals surface area contributed by atoms with E-state index in [-0.39, 0.29) is 0 Å². The Bertz CT molecular complexity index is 5190. The Morgan fingerprint density at radius 2 is 0.810 bits per heavy atom. The average molecular weight is 1090 g/mol. The van der Waals surface area contributed by atoms with E-state index in [2.05, 4.69) is 325 Å². The van der Waals surface area contributed by atoms with Crippen LogP contribution in [0.3, 0.4) is 0 Å². The molecule has 0 atom stereocenters. The van der Waals surface area contributed by atoms with Crippen molar-refractivity contribution in [2.75, 3.05) is 4.90 Å². The van der Waals surface area contributed by atoms with Crippen LogP contribution in [0.1, 0.15) is 22.3 Å². The summed E-state index contributed by atoms with van der Waals surface area (Å²) in [4.78, 5) is 2.42. The molecule has 0 fully saturated rings. The highest BCUT2D eigenvalue weighted by Gasteiger charge is 2.46. The molecule has 0 aliphatic heterocycles. The summed E-state index contributed by atoms with van der Waals surface area (Å²) >= 11 is 1.93. The first-order chi connectivity index (χ1) is 41.7. The number of benzene rings is 14. The first-order valence-corrected chi connectivity index (χ1v) is 29.8. The highest BCUT2D eigenvalue weighted by Crippen LogP contribution is 2.57. The second kappa shape index (κ2) is 19.3. The average Bonchev–Trinajstić information content (AvgIpc) is 1.73. The molecule has 14 aromatic carbocycles. The molecule has 2 heterocycles. The van der Waals surface area contributed by atoms with Gasteiger partial charge in [-0.1, -0.05) is 261 Å². The third-order valence-corrected chi connectivity index (χ3v) is 19.1. The van der Waals surface area contributed by atoms with Gasteiger partial charge in [0.15, 0.2) is 0 Å². The van der Waals surface area contributed by atoms with Crippen LogP contribution in [0.15, 0.2) is 315 Å². The number of anilines is 3. The molecule has 0 N–H and O–H groups in total. The minimum absolute atomic E-state index is 0.459. The highest BCUT2D eigenvalue weighted by molar-refractivity contribution is 7.27. The number of hydrogen-bond acceptors (Lipinski definition) is 2. The standard InChI is InChI=1S/C81H52N2S/c1-4-20-53(21-5-1)54-38-43-61(44-39-54)82(62-45-40-56(41-46-62)65-33-18-24-55-22-10-12-29-64(55)65)63-47-48-70-69-32-15-17-37-75(69)83(76(70)52-63)77-51-57-23-11-13-30-67(57)80-78(77)71-35-19-34-66(79(71)84-80)58-42-49-74-72(50-58)68-31-14-16-36-73(68)81(74,59-25-6-2-7-26-59)60-27-8-3-9-28-60/h1-52H. The van der Waals surface area contributed by atoms with Gasteiger partial charge in [-0.05, 0) is 143 Å². The fourth-order valence-electron chi connectivity index (χ4n) is 14.1. The largest absolute Gasteiger partial charge is 0.310 e. The maximum Gasteiger partial charge on any atom is 0.0713 e. The molecule has 0 unspecified atom stereocenters. The molecule has 1 aliphatic carbocycles. The molecule has 84 heavy (non-hydrogen) atoms. The van der Waals surface area contributed by atoms with Crippen molar-refractivity contribution in [2.45, 2.75) is 5.41 Å². The second-order valence-electron chi connectivity index (χ2n) is 22.3. The Labute approximate surface area is 491 Å². The van der Waals surface area contributed by atoms with Crippen molar-refractivity contribution in [1.29, 1.82) is 0 Å². The van der Waals surface area contributed by atoms with Crippen molar-refractivity contribution < 1.29 is 0 Å². The minimum Gasteiger partial charge on any atom is -0.310 e. The molecule has 1 aliphatic rings. The summed E-state index contributed by atoms with van der Waals surface area (Å²) in [6.45, 7) is 0. The lowest BCUT2D eigenvalue weighted by Gasteiger charge is -2.33. The lowest BCUT2D eigenvalue weighted by atomic mass is 9.67. The van der Waals surface area contributed by atoms with E-state index in [1.54, 1.807) is 0 Å². The Morgan fingerprint density at radius 3 is 1.57 bits per heavy atom. The van der Waals surface area contributed by atoms with Gasteiger partial charge in [-0.3, -0.25) is 0 Å². The number of rotatable bonds is 9. The fraction of sp³-hybridized carbons (Fsp3) is 0.0123. The van der Waals surface area contributed by atoms with Crippen LogP contribution in [0, 0.1) is 0 Å². The SMILES string of the molecule is c1ccc(-c2ccc(N(c3ccc(-c4cccc5ccccc45)cc3)c3ccc4c5ccccc5n(-c5cc6ccccc6c6sc7c(-c8ccc9c(c8)-c8ccccc8C9(c8ccccc8)c8ccccc8)cccc7c56)c4c3)cc2)cc1. The molecule has 0 saturated heterocycles. The van der Waals surface area contributed by atoms with Crippen LogP contribution in [0.5, 0.6) is 0 Å². The van der Waals surface area contributed by atoms with Gasteiger partial charge in [-0.15, -0.1) is 11.3 Å². The van der Waals surface area contributed by atoms with Gasteiger partial charge in [-0.2, -0.15) is 0 Å². The van der Waals surface area contributed by atoms with E-state index in [9.17, 15) is 0 Å². The zero-order chi connectivity index (χ0) is 55.3. The third kappa shape index (κ3) is 7.36. The zero-order valence-corrected chi connectivity index (χ0v) is 46.6. The van der Waals surface area contributed by atoms with Crippen molar-refractivity contribution in [2.24, 2.45) is 0 Å². The van der Waals surface area contributed by atoms with Crippen LogP contribution in [0.2, 0.25) is 0 Å². The van der Waals surface area contributed by atoms with Gasteiger partial charge in [-0.25, -0.2) is 0 Å². The molecule has 0 spiro atoms. The van der Waals surface area contributed by atoms with Crippen LogP contribution in [-0.4, -0.2) is 4.57 Å². The molecular formula is C81H52N2S. The van der Waals surface area contributed by atoms with Gasteiger partial charge in [0.25, 0.3) is 0 Å². The summed E-state index contributed by atoms with van der Waals surface area (Å²) in [7, 11) is 0. The number of hydrogen-bond donors (Lipinski definition) is 0. The second-order valence-corrected chi connectivity index (χ2v) is 23.3. The number of aromatic nitrogens is 1. The molecule has 16 aromatic rings. The predicted molar refractivity (Wildman–Crippen MR) is 357 cm³/mol.